The van der Waals surface area contributed by atoms with E-state index in [0.717, 1.165) is 67.9 Å². The van der Waals surface area contributed by atoms with Gasteiger partial charge in [0.15, 0.2) is 0 Å². The summed E-state index contributed by atoms with van der Waals surface area (Å²) in [7, 11) is 0. The molecule has 2 saturated heterocycles. The van der Waals surface area contributed by atoms with E-state index >= 15 is 0 Å². The van der Waals surface area contributed by atoms with Crippen LogP contribution in [0.2, 0.25) is 0 Å². The van der Waals surface area contributed by atoms with Gasteiger partial charge in [-0.05, 0) is 36.6 Å². The van der Waals surface area contributed by atoms with E-state index in [2.05, 4.69) is 32.3 Å². The summed E-state index contributed by atoms with van der Waals surface area (Å²) in [6.45, 7) is 6.38. The molecule has 2 aromatic carbocycles. The molecular formula is C29H32N6O2. The van der Waals surface area contributed by atoms with Crippen LogP contribution in [0.5, 0.6) is 0 Å². The third-order valence-electron chi connectivity index (χ3n) is 7.72. The normalized spacial score (nSPS) is 20.2. The summed E-state index contributed by atoms with van der Waals surface area (Å²) in [6, 6.07) is 16.4. The monoisotopic (exact) mass is 496 g/mol. The summed E-state index contributed by atoms with van der Waals surface area (Å²) < 4.78 is 0. The fraction of sp³-hybridized carbons (Fsp3) is 0.379. The van der Waals surface area contributed by atoms with E-state index in [-0.39, 0.29) is 11.8 Å². The predicted molar refractivity (Wildman–Crippen MR) is 141 cm³/mol. The minimum Gasteiger partial charge on any atom is -0.335 e. The summed E-state index contributed by atoms with van der Waals surface area (Å²) in [4.78, 5) is 41.1. The van der Waals surface area contributed by atoms with Gasteiger partial charge in [0, 0.05) is 63.0 Å². The van der Waals surface area contributed by atoms with E-state index < -0.39 is 0 Å². The van der Waals surface area contributed by atoms with Crippen LogP contribution in [0.25, 0.3) is 11.3 Å². The highest BCUT2D eigenvalue weighted by Crippen LogP contribution is 2.28. The molecule has 37 heavy (non-hydrogen) atoms. The largest absolute Gasteiger partial charge is 0.335 e. The van der Waals surface area contributed by atoms with Crippen LogP contribution in [0.1, 0.15) is 44.8 Å². The van der Waals surface area contributed by atoms with Gasteiger partial charge in [-0.15, -0.1) is 0 Å². The van der Waals surface area contributed by atoms with Crippen molar-refractivity contribution in [1.82, 2.24) is 30.0 Å². The van der Waals surface area contributed by atoms with Crippen molar-refractivity contribution in [3.05, 3.63) is 83.3 Å². The van der Waals surface area contributed by atoms with Crippen LogP contribution >= 0.6 is 0 Å². The molecule has 4 heterocycles. The molecule has 3 aliphatic heterocycles. The zero-order valence-electron chi connectivity index (χ0n) is 21.0. The SMILES string of the molecule is O=C(c1cnc(-c2ccccc2)cn1)N1CCN(Cc2ccc3c(c2)CN(C2CCCNC2)C3=O)CC1. The molecule has 0 saturated carbocycles. The summed E-state index contributed by atoms with van der Waals surface area (Å²) in [5.41, 5.74) is 5.34. The van der Waals surface area contributed by atoms with Gasteiger partial charge in [-0.2, -0.15) is 0 Å². The molecule has 1 aromatic heterocycles. The number of carbonyl (C=O) groups excluding carboxylic acids is 2. The molecule has 8 nitrogen and oxygen atoms in total. The average molecular weight is 497 g/mol. The number of amides is 2. The van der Waals surface area contributed by atoms with Crippen LogP contribution in [0.4, 0.5) is 0 Å². The molecule has 3 aliphatic rings. The number of aromatic nitrogens is 2. The second-order valence-corrected chi connectivity index (χ2v) is 10.1. The molecule has 0 aliphatic carbocycles. The fourth-order valence-corrected chi connectivity index (χ4v) is 5.62. The van der Waals surface area contributed by atoms with Crippen LogP contribution in [-0.4, -0.2) is 81.8 Å². The van der Waals surface area contributed by atoms with Gasteiger partial charge >= 0.3 is 0 Å². The quantitative estimate of drug-likeness (QED) is 0.585. The van der Waals surface area contributed by atoms with E-state index in [4.69, 9.17) is 0 Å². The van der Waals surface area contributed by atoms with Gasteiger partial charge in [0.2, 0.25) is 0 Å². The van der Waals surface area contributed by atoms with E-state index in [0.29, 0.717) is 31.4 Å². The smallest absolute Gasteiger partial charge is 0.274 e. The predicted octanol–water partition coefficient (Wildman–Crippen LogP) is 2.81. The van der Waals surface area contributed by atoms with Crippen molar-refractivity contribution in [2.45, 2.75) is 32.0 Å². The number of benzene rings is 2. The van der Waals surface area contributed by atoms with Gasteiger partial charge in [0.25, 0.3) is 11.8 Å². The molecule has 8 heteroatoms. The second-order valence-electron chi connectivity index (χ2n) is 10.1. The van der Waals surface area contributed by atoms with E-state index in [1.54, 1.807) is 12.4 Å². The lowest BCUT2D eigenvalue weighted by Gasteiger charge is -2.34. The molecule has 0 spiro atoms. The number of carbonyl (C=O) groups is 2. The van der Waals surface area contributed by atoms with Gasteiger partial charge < -0.3 is 15.1 Å². The molecule has 2 amide bonds. The van der Waals surface area contributed by atoms with Crippen molar-refractivity contribution in [1.29, 1.82) is 0 Å². The maximum atomic E-state index is 13.0. The molecule has 0 radical (unpaired) electrons. The topological polar surface area (TPSA) is 81.7 Å². The Balaban J connectivity index is 1.03. The van der Waals surface area contributed by atoms with Crippen molar-refractivity contribution < 1.29 is 9.59 Å². The molecule has 190 valence electrons. The fourth-order valence-electron chi connectivity index (χ4n) is 5.62. The number of piperidine rings is 1. The molecule has 1 atom stereocenters. The molecule has 3 aromatic rings. The van der Waals surface area contributed by atoms with E-state index in [1.807, 2.05) is 46.2 Å². The number of hydrogen-bond donors (Lipinski definition) is 1. The van der Waals surface area contributed by atoms with Gasteiger partial charge in [-0.25, -0.2) is 4.98 Å². The lowest BCUT2D eigenvalue weighted by atomic mass is 10.1. The molecule has 0 bridgehead atoms. The first-order chi connectivity index (χ1) is 18.2. The van der Waals surface area contributed by atoms with Crippen molar-refractivity contribution in [3.8, 4) is 11.3 Å². The average Bonchev–Trinajstić information content (AvgIpc) is 3.29. The standard InChI is InChI=1S/C29H32N6O2/c36-28-25-9-8-21(15-23(25)20-35(28)24-7-4-10-30-16-24)19-33-11-13-34(14-12-33)29(37)27-18-31-26(17-32-27)22-5-2-1-3-6-22/h1-3,5-6,8-9,15,17-18,24,30H,4,7,10-14,16,19-20H2. The zero-order valence-corrected chi connectivity index (χ0v) is 21.0. The highest BCUT2D eigenvalue weighted by Gasteiger charge is 2.33. The maximum absolute atomic E-state index is 13.0. The van der Waals surface area contributed by atoms with Gasteiger partial charge in [0.1, 0.15) is 5.69 Å². The maximum Gasteiger partial charge on any atom is 0.274 e. The Hall–Kier alpha value is -3.62. The van der Waals surface area contributed by atoms with Gasteiger partial charge in [-0.3, -0.25) is 19.5 Å². The minimum absolute atomic E-state index is 0.0694. The highest BCUT2D eigenvalue weighted by molar-refractivity contribution is 5.98. The first-order valence-corrected chi connectivity index (χ1v) is 13.2. The van der Waals surface area contributed by atoms with Crippen LogP contribution in [0.3, 0.4) is 0 Å². The number of nitrogens with one attached hydrogen (secondary N) is 1. The number of hydrogen-bond acceptors (Lipinski definition) is 6. The number of piperazine rings is 1. The van der Waals surface area contributed by atoms with Crippen LogP contribution < -0.4 is 5.32 Å². The highest BCUT2D eigenvalue weighted by atomic mass is 16.2. The Bertz CT molecular complexity index is 1270. The molecule has 2 fully saturated rings. The molecular weight excluding hydrogens is 464 g/mol. The third-order valence-corrected chi connectivity index (χ3v) is 7.72. The lowest BCUT2D eigenvalue weighted by Crippen LogP contribution is -2.48. The van der Waals surface area contributed by atoms with Crippen molar-refractivity contribution in [2.24, 2.45) is 0 Å². The first kappa shape index (κ1) is 23.8. The van der Waals surface area contributed by atoms with Gasteiger partial charge in [-0.1, -0.05) is 42.5 Å². The Kier molecular flexibility index (Phi) is 6.68. The Morgan fingerprint density at radius 1 is 1.00 bits per heavy atom. The Labute approximate surface area is 217 Å². The second kappa shape index (κ2) is 10.4. The Morgan fingerprint density at radius 3 is 2.57 bits per heavy atom. The summed E-state index contributed by atoms with van der Waals surface area (Å²) >= 11 is 0. The molecule has 1 unspecified atom stereocenters. The van der Waals surface area contributed by atoms with Crippen molar-refractivity contribution in [3.63, 3.8) is 0 Å². The number of nitrogens with zero attached hydrogens (tertiary/aromatic N) is 5. The summed E-state index contributed by atoms with van der Waals surface area (Å²) in [5, 5.41) is 3.42. The van der Waals surface area contributed by atoms with E-state index in [1.165, 1.54) is 5.56 Å². The molecule has 1 N–H and O–H groups in total. The lowest BCUT2D eigenvalue weighted by molar-refractivity contribution is 0.0621. The number of rotatable bonds is 5. The first-order valence-electron chi connectivity index (χ1n) is 13.2. The minimum atomic E-state index is -0.0694. The van der Waals surface area contributed by atoms with Crippen molar-refractivity contribution >= 4 is 11.8 Å². The Morgan fingerprint density at radius 2 is 1.84 bits per heavy atom. The van der Waals surface area contributed by atoms with Crippen LogP contribution in [0.15, 0.2) is 60.9 Å². The van der Waals surface area contributed by atoms with Crippen LogP contribution in [0, 0.1) is 0 Å². The van der Waals surface area contributed by atoms with E-state index in [9.17, 15) is 9.59 Å². The molecule has 6 rings (SSSR count). The zero-order chi connectivity index (χ0) is 25.2. The number of fused-ring (bicyclic) bond motifs is 1. The van der Waals surface area contributed by atoms with Gasteiger partial charge in [0.05, 0.1) is 18.1 Å². The summed E-state index contributed by atoms with van der Waals surface area (Å²) in [5.74, 6) is 0.0994. The summed E-state index contributed by atoms with van der Waals surface area (Å²) in [6.07, 6.45) is 5.44. The third kappa shape index (κ3) is 4.99. The van der Waals surface area contributed by atoms with Crippen LogP contribution in [-0.2, 0) is 13.1 Å². The van der Waals surface area contributed by atoms with Crippen molar-refractivity contribution in [2.75, 3.05) is 39.3 Å².